The normalized spacial score (nSPS) is 15.1. The zero-order valence-electron chi connectivity index (χ0n) is 27.4. The number of aryl methyl sites for hydroxylation is 1. The highest BCUT2D eigenvalue weighted by Crippen LogP contribution is 2.47. The van der Waals surface area contributed by atoms with E-state index in [1.807, 2.05) is 36.4 Å². The van der Waals surface area contributed by atoms with Crippen LogP contribution in [-0.4, -0.2) is 47.5 Å². The SMILES string of the molecule is COC(=O)Nc1ccc(C[C@H](NC(=O)c2ccc3c(C4CCCCC4)c4n(c3c2)CCOc2cc(OC)ccc2-4)c2nc(C)no2)cc1. The minimum absolute atomic E-state index is 0.244. The van der Waals surface area contributed by atoms with Crippen LogP contribution in [-0.2, 0) is 17.7 Å². The van der Waals surface area contributed by atoms with Crippen LogP contribution in [0, 0.1) is 6.92 Å². The molecule has 2 amide bonds. The van der Waals surface area contributed by atoms with Crippen LogP contribution in [0.3, 0.4) is 0 Å². The fourth-order valence-electron chi connectivity index (χ4n) is 7.06. The number of nitrogens with one attached hydrogen (secondary N) is 2. The lowest BCUT2D eigenvalue weighted by molar-refractivity contribution is 0.0928. The number of anilines is 1. The van der Waals surface area contributed by atoms with Crippen molar-refractivity contribution < 1.29 is 28.3 Å². The van der Waals surface area contributed by atoms with Gasteiger partial charge in [0.2, 0.25) is 5.89 Å². The number of rotatable bonds is 8. The van der Waals surface area contributed by atoms with E-state index in [1.54, 1.807) is 26.2 Å². The summed E-state index contributed by atoms with van der Waals surface area (Å²) in [6.07, 6.45) is 5.83. The van der Waals surface area contributed by atoms with Gasteiger partial charge in [-0.25, -0.2) is 4.79 Å². The Kier molecular flexibility index (Phi) is 8.75. The van der Waals surface area contributed by atoms with Gasteiger partial charge in [-0.2, -0.15) is 4.98 Å². The van der Waals surface area contributed by atoms with Gasteiger partial charge in [-0.15, -0.1) is 0 Å². The standard InChI is InChI=1S/C37H39N5O6/c1-22-38-36(48-41-22)30(19-23-9-12-26(13-10-23)39-37(44)46-3)40-35(43)25-11-15-28-31(20-25)42-17-18-47-32-21-27(45-2)14-16-29(32)34(42)33(28)24-7-5-4-6-8-24/h9-16,20-21,24,30H,4-8,17-19H2,1-3H3,(H,39,44)(H,40,43)/t30-/m0/s1. The Bertz CT molecular complexity index is 1960. The molecule has 7 rings (SSSR count). The van der Waals surface area contributed by atoms with E-state index in [4.69, 9.17) is 14.0 Å². The van der Waals surface area contributed by atoms with Gasteiger partial charge in [0.15, 0.2) is 5.82 Å². The molecule has 1 saturated carbocycles. The second-order valence-electron chi connectivity index (χ2n) is 12.4. The van der Waals surface area contributed by atoms with Crippen LogP contribution >= 0.6 is 0 Å². The molecule has 0 bridgehead atoms. The van der Waals surface area contributed by atoms with Gasteiger partial charge in [0.05, 0.1) is 26.5 Å². The van der Waals surface area contributed by atoms with Crippen LogP contribution in [0.25, 0.3) is 22.2 Å². The van der Waals surface area contributed by atoms with E-state index in [0.717, 1.165) is 41.0 Å². The van der Waals surface area contributed by atoms with Crippen LogP contribution in [0.4, 0.5) is 10.5 Å². The third kappa shape index (κ3) is 6.20. The molecule has 5 aromatic rings. The molecule has 2 aliphatic rings. The molecule has 11 heteroatoms. The number of aromatic nitrogens is 3. The molecular formula is C37H39N5O6. The number of methoxy groups -OCH3 is 2. The van der Waals surface area contributed by atoms with E-state index in [9.17, 15) is 9.59 Å². The van der Waals surface area contributed by atoms with Gasteiger partial charge in [-0.1, -0.05) is 42.6 Å². The number of ether oxygens (including phenoxy) is 3. The van der Waals surface area contributed by atoms with Gasteiger partial charge in [-0.05, 0) is 73.2 Å². The first-order chi connectivity index (χ1) is 23.4. The van der Waals surface area contributed by atoms with Crippen LogP contribution in [0.1, 0.15) is 77.3 Å². The fraction of sp³-hybridized carbons (Fsp3) is 0.351. The number of hydrogen-bond acceptors (Lipinski definition) is 8. The lowest BCUT2D eigenvalue weighted by Gasteiger charge is -2.23. The van der Waals surface area contributed by atoms with E-state index in [2.05, 4.69) is 42.2 Å². The zero-order valence-corrected chi connectivity index (χ0v) is 27.4. The summed E-state index contributed by atoms with van der Waals surface area (Å²) in [6, 6.07) is 18.8. The van der Waals surface area contributed by atoms with E-state index in [1.165, 1.54) is 43.0 Å². The predicted molar refractivity (Wildman–Crippen MR) is 181 cm³/mol. The second-order valence-corrected chi connectivity index (χ2v) is 12.4. The molecule has 3 heterocycles. The fourth-order valence-corrected chi connectivity index (χ4v) is 7.06. The molecule has 0 radical (unpaired) electrons. The first-order valence-electron chi connectivity index (χ1n) is 16.4. The number of fused-ring (bicyclic) bond motifs is 5. The summed E-state index contributed by atoms with van der Waals surface area (Å²) in [5.74, 6) is 2.57. The molecular weight excluding hydrogens is 610 g/mol. The Labute approximate surface area is 278 Å². The second kappa shape index (κ2) is 13.4. The van der Waals surface area contributed by atoms with Crippen molar-refractivity contribution in [2.24, 2.45) is 0 Å². The molecule has 0 saturated heterocycles. The lowest BCUT2D eigenvalue weighted by atomic mass is 9.81. The smallest absolute Gasteiger partial charge is 0.411 e. The Morgan fingerprint density at radius 2 is 1.83 bits per heavy atom. The summed E-state index contributed by atoms with van der Waals surface area (Å²) in [5.41, 5.74) is 6.63. The van der Waals surface area contributed by atoms with Crippen molar-refractivity contribution >= 4 is 28.6 Å². The molecule has 0 unspecified atom stereocenters. The van der Waals surface area contributed by atoms with Gasteiger partial charge in [-0.3, -0.25) is 10.1 Å². The summed E-state index contributed by atoms with van der Waals surface area (Å²) in [6.45, 7) is 2.91. The molecule has 3 aromatic carbocycles. The minimum Gasteiger partial charge on any atom is -0.497 e. The Hall–Kier alpha value is -5.32. The Morgan fingerprint density at radius 1 is 1.02 bits per heavy atom. The maximum absolute atomic E-state index is 14.0. The van der Waals surface area contributed by atoms with E-state index in [-0.39, 0.29) is 5.91 Å². The number of amides is 2. The highest BCUT2D eigenvalue weighted by molar-refractivity contribution is 6.01. The number of carbonyl (C=O) groups excluding carboxylic acids is 2. The molecule has 11 nitrogen and oxygen atoms in total. The summed E-state index contributed by atoms with van der Waals surface area (Å²) in [5, 5.41) is 10.9. The van der Waals surface area contributed by atoms with E-state index < -0.39 is 12.1 Å². The molecule has 1 aliphatic carbocycles. The molecule has 48 heavy (non-hydrogen) atoms. The molecule has 1 aliphatic heterocycles. The van der Waals surface area contributed by atoms with Gasteiger partial charge in [0.25, 0.3) is 5.91 Å². The first-order valence-corrected chi connectivity index (χ1v) is 16.4. The van der Waals surface area contributed by atoms with E-state index >= 15 is 0 Å². The third-order valence-electron chi connectivity index (χ3n) is 9.37. The van der Waals surface area contributed by atoms with Crippen molar-refractivity contribution in [1.29, 1.82) is 0 Å². The summed E-state index contributed by atoms with van der Waals surface area (Å²) in [4.78, 5) is 30.0. The first kappa shape index (κ1) is 31.3. The van der Waals surface area contributed by atoms with Gasteiger partial charge < -0.3 is 28.6 Å². The lowest BCUT2D eigenvalue weighted by Crippen LogP contribution is -2.30. The minimum atomic E-state index is -0.577. The average Bonchev–Trinajstić information content (AvgIpc) is 3.63. The molecule has 0 spiro atoms. The Balaban J connectivity index is 1.23. The van der Waals surface area contributed by atoms with Crippen LogP contribution < -0.4 is 20.1 Å². The van der Waals surface area contributed by atoms with Gasteiger partial charge in [0.1, 0.15) is 24.1 Å². The van der Waals surface area contributed by atoms with Crippen molar-refractivity contribution in [2.75, 3.05) is 26.1 Å². The number of benzene rings is 3. The van der Waals surface area contributed by atoms with Gasteiger partial charge >= 0.3 is 6.09 Å². The summed E-state index contributed by atoms with van der Waals surface area (Å²) < 4.78 is 24.3. The van der Waals surface area contributed by atoms with Crippen molar-refractivity contribution in [3.63, 3.8) is 0 Å². The summed E-state index contributed by atoms with van der Waals surface area (Å²) >= 11 is 0. The number of hydrogen-bond donors (Lipinski definition) is 2. The molecule has 1 fully saturated rings. The quantitative estimate of drug-likeness (QED) is 0.179. The average molecular weight is 650 g/mol. The molecule has 2 N–H and O–H groups in total. The number of nitrogens with zero attached hydrogens (tertiary/aromatic N) is 3. The highest BCUT2D eigenvalue weighted by atomic mass is 16.5. The van der Waals surface area contributed by atoms with Crippen LogP contribution in [0.2, 0.25) is 0 Å². The maximum atomic E-state index is 14.0. The van der Waals surface area contributed by atoms with Crippen molar-refractivity contribution in [2.45, 2.75) is 64.0 Å². The topological polar surface area (TPSA) is 130 Å². The van der Waals surface area contributed by atoms with E-state index in [0.29, 0.717) is 48.5 Å². The molecule has 2 aromatic heterocycles. The maximum Gasteiger partial charge on any atom is 0.411 e. The highest BCUT2D eigenvalue weighted by Gasteiger charge is 2.30. The van der Waals surface area contributed by atoms with Crippen LogP contribution in [0.5, 0.6) is 11.5 Å². The summed E-state index contributed by atoms with van der Waals surface area (Å²) in [7, 11) is 2.98. The molecule has 1 atom stereocenters. The monoisotopic (exact) mass is 649 g/mol. The third-order valence-corrected chi connectivity index (χ3v) is 9.37. The molecule has 248 valence electrons. The van der Waals surface area contributed by atoms with Crippen molar-refractivity contribution in [1.82, 2.24) is 20.0 Å². The zero-order chi connectivity index (χ0) is 33.2. The van der Waals surface area contributed by atoms with Crippen molar-refractivity contribution in [3.05, 3.63) is 89.1 Å². The Morgan fingerprint density at radius 3 is 2.56 bits per heavy atom. The predicted octanol–water partition coefficient (Wildman–Crippen LogP) is 7.34. The van der Waals surface area contributed by atoms with Gasteiger partial charge in [0, 0.05) is 40.2 Å². The number of carbonyl (C=O) groups is 2. The largest absolute Gasteiger partial charge is 0.497 e. The van der Waals surface area contributed by atoms with Crippen molar-refractivity contribution in [3.8, 4) is 22.8 Å². The van der Waals surface area contributed by atoms with Crippen LogP contribution in [0.15, 0.2) is 65.2 Å².